The lowest BCUT2D eigenvalue weighted by atomic mass is 9.99. The molecule has 0 radical (unpaired) electrons. The van der Waals surface area contributed by atoms with Crippen LogP contribution in [0.5, 0.6) is 0 Å². The van der Waals surface area contributed by atoms with E-state index in [9.17, 15) is 0 Å². The van der Waals surface area contributed by atoms with Crippen LogP contribution in [0.2, 0.25) is 5.02 Å². The zero-order chi connectivity index (χ0) is 14.1. The van der Waals surface area contributed by atoms with Gasteiger partial charge in [-0.15, -0.1) is 0 Å². The molecule has 1 N–H and O–H groups in total. The van der Waals surface area contributed by atoms with Crippen LogP contribution in [0, 0.1) is 6.92 Å². The van der Waals surface area contributed by atoms with Gasteiger partial charge in [0.2, 0.25) is 0 Å². The first kappa shape index (κ1) is 16.5. The Balaban J connectivity index is 2.51. The maximum atomic E-state index is 6.33. The molecule has 108 valence electrons. The molecule has 0 aliphatic carbocycles. The zero-order valence-electron chi connectivity index (χ0n) is 12.6. The minimum Gasteiger partial charge on any atom is -0.314 e. The Bertz CT molecular complexity index is 362. The monoisotopic (exact) mass is 281 g/mol. The molecular weight excluding hydrogens is 254 g/mol. The first-order valence-corrected chi connectivity index (χ1v) is 8.03. The van der Waals surface area contributed by atoms with Crippen molar-refractivity contribution in [3.05, 3.63) is 34.3 Å². The number of hydrogen-bond donors (Lipinski definition) is 1. The molecule has 0 aromatic heterocycles. The molecule has 0 bridgehead atoms. The molecular formula is C17H28ClN. The molecule has 0 amide bonds. The summed E-state index contributed by atoms with van der Waals surface area (Å²) in [6, 6.07) is 6.95. The highest BCUT2D eigenvalue weighted by Crippen LogP contribution is 2.20. The standard InChI is InChI=1S/C17H28ClN/c1-4-6-7-8-9-16(19-5-2)13-15-11-10-14(3)12-17(15)18/h10-12,16,19H,4-9,13H2,1-3H3. The Kier molecular flexibility index (Phi) is 8.16. The van der Waals surface area contributed by atoms with Crippen molar-refractivity contribution >= 4 is 11.6 Å². The van der Waals surface area contributed by atoms with E-state index < -0.39 is 0 Å². The SMILES string of the molecule is CCCCCCC(Cc1ccc(C)cc1Cl)NCC. The molecule has 0 saturated carbocycles. The molecule has 1 nitrogen and oxygen atoms in total. The molecule has 1 unspecified atom stereocenters. The average Bonchev–Trinajstić information content (AvgIpc) is 2.38. The molecule has 19 heavy (non-hydrogen) atoms. The second-order valence-corrected chi connectivity index (χ2v) is 5.81. The van der Waals surface area contributed by atoms with Gasteiger partial charge in [0.1, 0.15) is 0 Å². The van der Waals surface area contributed by atoms with Crippen LogP contribution in [-0.2, 0) is 6.42 Å². The van der Waals surface area contributed by atoms with Gasteiger partial charge in [-0.3, -0.25) is 0 Å². The number of halogens is 1. The number of rotatable bonds is 9. The maximum Gasteiger partial charge on any atom is 0.0441 e. The van der Waals surface area contributed by atoms with Crippen LogP contribution in [0.1, 0.15) is 57.1 Å². The summed E-state index contributed by atoms with van der Waals surface area (Å²) in [5.74, 6) is 0. The summed E-state index contributed by atoms with van der Waals surface area (Å²) in [6.07, 6.45) is 7.60. The lowest BCUT2D eigenvalue weighted by molar-refractivity contribution is 0.463. The van der Waals surface area contributed by atoms with E-state index in [1.54, 1.807) is 0 Å². The topological polar surface area (TPSA) is 12.0 Å². The minimum absolute atomic E-state index is 0.557. The summed E-state index contributed by atoms with van der Waals surface area (Å²) in [4.78, 5) is 0. The summed E-state index contributed by atoms with van der Waals surface area (Å²) >= 11 is 6.33. The number of hydrogen-bond acceptors (Lipinski definition) is 1. The van der Waals surface area contributed by atoms with Gasteiger partial charge in [0.05, 0.1) is 0 Å². The Morgan fingerprint density at radius 3 is 2.58 bits per heavy atom. The van der Waals surface area contributed by atoms with Gasteiger partial charge in [0, 0.05) is 11.1 Å². The predicted octanol–water partition coefficient (Wildman–Crippen LogP) is 5.14. The fraction of sp³-hybridized carbons (Fsp3) is 0.647. The third-order valence-corrected chi connectivity index (χ3v) is 3.93. The number of likely N-dealkylation sites (N-methyl/N-ethyl adjacent to an activating group) is 1. The lowest BCUT2D eigenvalue weighted by Crippen LogP contribution is -2.31. The summed E-state index contributed by atoms with van der Waals surface area (Å²) in [5, 5.41) is 4.50. The van der Waals surface area contributed by atoms with E-state index in [1.807, 2.05) is 0 Å². The van der Waals surface area contributed by atoms with E-state index in [4.69, 9.17) is 11.6 Å². The largest absolute Gasteiger partial charge is 0.314 e. The van der Waals surface area contributed by atoms with Gasteiger partial charge in [-0.05, 0) is 43.5 Å². The maximum absolute atomic E-state index is 6.33. The Morgan fingerprint density at radius 1 is 1.16 bits per heavy atom. The molecule has 0 saturated heterocycles. The second-order valence-electron chi connectivity index (χ2n) is 5.40. The molecule has 1 aromatic rings. The summed E-state index contributed by atoms with van der Waals surface area (Å²) < 4.78 is 0. The van der Waals surface area contributed by atoms with E-state index >= 15 is 0 Å². The van der Waals surface area contributed by atoms with Gasteiger partial charge in [0.15, 0.2) is 0 Å². The number of nitrogens with one attached hydrogen (secondary N) is 1. The third kappa shape index (κ3) is 6.44. The van der Waals surface area contributed by atoms with Crippen molar-refractivity contribution in [2.75, 3.05) is 6.54 Å². The Hall–Kier alpha value is -0.530. The van der Waals surface area contributed by atoms with E-state index in [0.717, 1.165) is 18.0 Å². The van der Waals surface area contributed by atoms with Gasteiger partial charge in [-0.25, -0.2) is 0 Å². The van der Waals surface area contributed by atoms with Crippen molar-refractivity contribution in [1.29, 1.82) is 0 Å². The van der Waals surface area contributed by atoms with Gasteiger partial charge in [-0.2, -0.15) is 0 Å². The van der Waals surface area contributed by atoms with Crippen LogP contribution in [0.3, 0.4) is 0 Å². The first-order chi connectivity index (χ1) is 9.17. The fourth-order valence-electron chi connectivity index (χ4n) is 2.47. The van der Waals surface area contributed by atoms with Crippen molar-refractivity contribution < 1.29 is 0 Å². The highest BCUT2D eigenvalue weighted by molar-refractivity contribution is 6.31. The average molecular weight is 282 g/mol. The van der Waals surface area contributed by atoms with E-state index in [-0.39, 0.29) is 0 Å². The zero-order valence-corrected chi connectivity index (χ0v) is 13.4. The van der Waals surface area contributed by atoms with E-state index in [0.29, 0.717) is 6.04 Å². The molecule has 0 aliphatic rings. The summed E-state index contributed by atoms with van der Waals surface area (Å²) in [7, 11) is 0. The third-order valence-electron chi connectivity index (χ3n) is 3.57. The molecule has 1 atom stereocenters. The number of benzene rings is 1. The molecule has 0 fully saturated rings. The normalized spacial score (nSPS) is 12.6. The molecule has 1 rings (SSSR count). The van der Waals surface area contributed by atoms with E-state index in [2.05, 4.69) is 44.3 Å². The molecule has 0 heterocycles. The van der Waals surface area contributed by atoms with Gasteiger partial charge >= 0.3 is 0 Å². The van der Waals surface area contributed by atoms with Crippen LogP contribution >= 0.6 is 11.6 Å². The smallest absolute Gasteiger partial charge is 0.0441 e. The molecule has 1 aromatic carbocycles. The summed E-state index contributed by atoms with van der Waals surface area (Å²) in [5.41, 5.74) is 2.51. The van der Waals surface area contributed by atoms with Crippen LogP contribution in [0.4, 0.5) is 0 Å². The van der Waals surface area contributed by atoms with Crippen molar-refractivity contribution in [3.8, 4) is 0 Å². The molecule has 2 heteroatoms. The highest BCUT2D eigenvalue weighted by atomic mass is 35.5. The Labute approximate surface area is 123 Å². The van der Waals surface area contributed by atoms with Crippen LogP contribution in [0.25, 0.3) is 0 Å². The van der Waals surface area contributed by atoms with Crippen LogP contribution in [0.15, 0.2) is 18.2 Å². The fourth-order valence-corrected chi connectivity index (χ4v) is 2.78. The predicted molar refractivity (Wildman–Crippen MR) is 86.1 cm³/mol. The lowest BCUT2D eigenvalue weighted by Gasteiger charge is -2.19. The molecule has 0 aliphatic heterocycles. The minimum atomic E-state index is 0.557. The molecule has 0 spiro atoms. The highest BCUT2D eigenvalue weighted by Gasteiger charge is 2.10. The van der Waals surface area contributed by atoms with E-state index in [1.165, 1.54) is 43.2 Å². The summed E-state index contributed by atoms with van der Waals surface area (Å²) in [6.45, 7) is 7.55. The van der Waals surface area contributed by atoms with Crippen molar-refractivity contribution in [1.82, 2.24) is 5.32 Å². The van der Waals surface area contributed by atoms with Crippen molar-refractivity contribution in [3.63, 3.8) is 0 Å². The Morgan fingerprint density at radius 2 is 1.95 bits per heavy atom. The van der Waals surface area contributed by atoms with Crippen LogP contribution < -0.4 is 5.32 Å². The van der Waals surface area contributed by atoms with Gasteiger partial charge in [0.25, 0.3) is 0 Å². The van der Waals surface area contributed by atoms with Gasteiger partial charge in [-0.1, -0.05) is 63.3 Å². The number of aryl methyl sites for hydroxylation is 1. The van der Waals surface area contributed by atoms with Gasteiger partial charge < -0.3 is 5.32 Å². The second kappa shape index (κ2) is 9.39. The first-order valence-electron chi connectivity index (χ1n) is 7.65. The quantitative estimate of drug-likeness (QED) is 0.618. The number of unbranched alkanes of at least 4 members (excludes halogenated alkanes) is 3. The van der Waals surface area contributed by atoms with Crippen LogP contribution in [-0.4, -0.2) is 12.6 Å². The van der Waals surface area contributed by atoms with Crippen molar-refractivity contribution in [2.24, 2.45) is 0 Å². The van der Waals surface area contributed by atoms with Crippen molar-refractivity contribution in [2.45, 2.75) is 65.3 Å².